The molecule has 4 aromatic rings. The summed E-state index contributed by atoms with van der Waals surface area (Å²) in [6.45, 7) is 4.94. The molecule has 3 fully saturated rings. The fraction of sp³-hybridized carbons (Fsp3) is 0.485. The monoisotopic (exact) mass is 651 g/mol. The van der Waals surface area contributed by atoms with Crippen LogP contribution in [0.25, 0.3) is 10.8 Å². The quantitative estimate of drug-likeness (QED) is 0.312. The number of benzene rings is 2. The molecule has 0 saturated carbocycles. The number of nitrogens with zero attached hydrogens (tertiary/aromatic N) is 7. The number of ether oxygens (including phenoxy) is 2. The van der Waals surface area contributed by atoms with E-state index in [1.54, 1.807) is 24.4 Å². The normalized spacial score (nSPS) is 25.1. The zero-order valence-electron chi connectivity index (χ0n) is 25.4. The fourth-order valence-electron chi connectivity index (χ4n) is 7.82. The van der Waals surface area contributed by atoms with E-state index in [0.717, 1.165) is 36.5 Å². The number of alkyl halides is 1. The molecule has 3 atom stereocenters. The third-order valence-corrected chi connectivity index (χ3v) is 10.4. The van der Waals surface area contributed by atoms with E-state index in [0.29, 0.717) is 81.8 Å². The number of phenolic OH excluding ortho intramolecular Hbond substituents is 1. The van der Waals surface area contributed by atoms with Gasteiger partial charge in [0.1, 0.15) is 30.2 Å². The summed E-state index contributed by atoms with van der Waals surface area (Å²) in [5.41, 5.74) is 2.09. The van der Waals surface area contributed by atoms with Crippen LogP contribution in [0.5, 0.6) is 11.8 Å². The molecule has 46 heavy (non-hydrogen) atoms. The number of anilines is 2. The van der Waals surface area contributed by atoms with Gasteiger partial charge in [-0.2, -0.15) is 15.1 Å². The molecular weight excluding hydrogens is 616 g/mol. The predicted molar refractivity (Wildman–Crippen MR) is 170 cm³/mol. The Morgan fingerprint density at radius 2 is 2.04 bits per heavy atom. The van der Waals surface area contributed by atoms with Gasteiger partial charge in [-0.3, -0.25) is 9.58 Å². The molecule has 4 aliphatic heterocycles. The molecule has 0 radical (unpaired) electrons. The van der Waals surface area contributed by atoms with Crippen LogP contribution in [-0.4, -0.2) is 94.0 Å². The van der Waals surface area contributed by atoms with E-state index >= 15 is 0 Å². The van der Waals surface area contributed by atoms with E-state index in [2.05, 4.69) is 19.8 Å². The van der Waals surface area contributed by atoms with Crippen LogP contribution in [0.3, 0.4) is 0 Å². The molecule has 0 spiro atoms. The van der Waals surface area contributed by atoms with Gasteiger partial charge in [-0.25, -0.2) is 8.78 Å². The Bertz CT molecular complexity index is 1760. The highest BCUT2D eigenvalue weighted by Gasteiger charge is 2.49. The second kappa shape index (κ2) is 11.8. The van der Waals surface area contributed by atoms with Crippen molar-refractivity contribution in [3.63, 3.8) is 0 Å². The molecule has 2 aromatic carbocycles. The molecule has 1 N–H and O–H groups in total. The lowest BCUT2D eigenvalue weighted by atomic mass is 9.95. The molecule has 0 amide bonds. The predicted octanol–water partition coefficient (Wildman–Crippen LogP) is 4.92. The van der Waals surface area contributed by atoms with Crippen molar-refractivity contribution in [1.29, 1.82) is 0 Å². The van der Waals surface area contributed by atoms with Gasteiger partial charge in [-0.05, 0) is 49.4 Å². The molecule has 3 saturated heterocycles. The minimum Gasteiger partial charge on any atom is -0.508 e. The molecule has 242 valence electrons. The van der Waals surface area contributed by atoms with Gasteiger partial charge in [0.15, 0.2) is 0 Å². The average Bonchev–Trinajstić information content (AvgIpc) is 3.73. The number of halogens is 3. The van der Waals surface area contributed by atoms with Crippen LogP contribution >= 0.6 is 11.6 Å². The number of aromatic nitrogens is 4. The lowest BCUT2D eigenvalue weighted by molar-refractivity contribution is 0.107. The summed E-state index contributed by atoms with van der Waals surface area (Å²) in [6.07, 6.45) is 5.82. The summed E-state index contributed by atoms with van der Waals surface area (Å²) < 4.78 is 43.5. The van der Waals surface area contributed by atoms with Crippen molar-refractivity contribution in [3.05, 3.63) is 64.8 Å². The first-order valence-electron chi connectivity index (χ1n) is 16.0. The van der Waals surface area contributed by atoms with Gasteiger partial charge >= 0.3 is 6.01 Å². The van der Waals surface area contributed by atoms with Crippen molar-refractivity contribution in [2.24, 2.45) is 0 Å². The van der Waals surface area contributed by atoms with Crippen LogP contribution < -0.4 is 14.5 Å². The van der Waals surface area contributed by atoms with Crippen molar-refractivity contribution >= 4 is 33.9 Å². The Morgan fingerprint density at radius 1 is 1.13 bits per heavy atom. The zero-order valence-corrected chi connectivity index (χ0v) is 26.2. The van der Waals surface area contributed by atoms with Gasteiger partial charge in [-0.1, -0.05) is 17.7 Å². The summed E-state index contributed by atoms with van der Waals surface area (Å²) in [5, 5.41) is 16.3. The highest BCUT2D eigenvalue weighted by molar-refractivity contribution is 6.36. The second-order valence-electron chi connectivity index (χ2n) is 12.9. The van der Waals surface area contributed by atoms with Crippen LogP contribution in [0.4, 0.5) is 20.3 Å². The Morgan fingerprint density at radius 3 is 2.91 bits per heavy atom. The van der Waals surface area contributed by atoms with Crippen LogP contribution in [0.2, 0.25) is 5.02 Å². The lowest BCUT2D eigenvalue weighted by Crippen LogP contribution is -2.43. The number of hydrogen-bond acceptors (Lipinski definition) is 9. The third kappa shape index (κ3) is 5.29. The molecule has 4 aliphatic rings. The average molecular weight is 652 g/mol. The Balaban J connectivity index is 1.17. The number of rotatable bonds is 6. The van der Waals surface area contributed by atoms with E-state index in [-0.39, 0.29) is 28.4 Å². The summed E-state index contributed by atoms with van der Waals surface area (Å²) in [7, 11) is 0. The van der Waals surface area contributed by atoms with Crippen molar-refractivity contribution < 1.29 is 23.4 Å². The summed E-state index contributed by atoms with van der Waals surface area (Å²) in [6, 6.07) is 8.30. The first kappa shape index (κ1) is 29.6. The molecule has 1 unspecified atom stereocenters. The van der Waals surface area contributed by atoms with Crippen LogP contribution in [0.15, 0.2) is 42.7 Å². The number of aromatic hydroxyl groups is 1. The molecule has 2 aromatic heterocycles. The van der Waals surface area contributed by atoms with Crippen molar-refractivity contribution in [3.8, 4) is 11.8 Å². The highest BCUT2D eigenvalue weighted by Crippen LogP contribution is 2.42. The Kier molecular flexibility index (Phi) is 7.61. The van der Waals surface area contributed by atoms with E-state index < -0.39 is 12.0 Å². The number of hydrogen-bond donors (Lipinski definition) is 1. The van der Waals surface area contributed by atoms with Crippen LogP contribution in [0, 0.1) is 5.82 Å². The smallest absolute Gasteiger partial charge is 0.318 e. The standard InChI is InChI=1S/C33H36ClF2N7O3/c34-30-26(36)4-3-21-13-24(44)14-28(29(21)30)40-10-5-25-27(18-40)38-32(46-20-33-6-1-8-42(33)16-22(35)15-33)39-31(25)41-11-12-45-19-23(17-41)43-9-2-7-37-43/h2-4,7,9,13-14,22-23,44H,1,5-6,8,10-12,15-20H2/t22-,23?,33+/m1/s1. The van der Waals surface area contributed by atoms with Crippen molar-refractivity contribution in [2.75, 3.05) is 62.3 Å². The molecule has 6 heterocycles. The third-order valence-electron chi connectivity index (χ3n) is 10.0. The molecule has 0 bridgehead atoms. The molecule has 8 rings (SSSR count). The highest BCUT2D eigenvalue weighted by atomic mass is 35.5. The first-order valence-corrected chi connectivity index (χ1v) is 16.3. The van der Waals surface area contributed by atoms with E-state index in [1.165, 1.54) is 6.07 Å². The van der Waals surface area contributed by atoms with E-state index in [9.17, 15) is 13.9 Å². The minimum absolute atomic E-state index is 0.00539. The Labute approximate surface area is 270 Å². The minimum atomic E-state index is -0.859. The van der Waals surface area contributed by atoms with Crippen molar-refractivity contribution in [1.82, 2.24) is 24.6 Å². The Hall–Kier alpha value is -3.74. The molecule has 10 nitrogen and oxygen atoms in total. The van der Waals surface area contributed by atoms with Gasteiger partial charge in [-0.15, -0.1) is 0 Å². The number of fused-ring (bicyclic) bond motifs is 3. The van der Waals surface area contributed by atoms with Gasteiger partial charge in [0.05, 0.1) is 47.7 Å². The van der Waals surface area contributed by atoms with Crippen LogP contribution in [0.1, 0.15) is 36.6 Å². The SMILES string of the molecule is Oc1cc(N2CCc3c(nc(OC[C@@]45CCCN4C[C@H](F)C5)nc3N3CCOCC(n4cccn4)C3)C2)c2c(Cl)c(F)ccc2c1. The summed E-state index contributed by atoms with van der Waals surface area (Å²) in [4.78, 5) is 16.5. The summed E-state index contributed by atoms with van der Waals surface area (Å²) in [5.74, 6) is 0.347. The van der Waals surface area contributed by atoms with Crippen LogP contribution in [-0.2, 0) is 17.7 Å². The van der Waals surface area contributed by atoms with Gasteiger partial charge in [0.25, 0.3) is 0 Å². The van der Waals surface area contributed by atoms with Gasteiger partial charge in [0.2, 0.25) is 0 Å². The number of phenols is 1. The molecule has 13 heteroatoms. The lowest BCUT2D eigenvalue weighted by Gasteiger charge is -2.35. The van der Waals surface area contributed by atoms with Gasteiger partial charge in [0, 0.05) is 62.0 Å². The maximum atomic E-state index is 14.6. The largest absolute Gasteiger partial charge is 0.508 e. The van der Waals surface area contributed by atoms with Crippen molar-refractivity contribution in [2.45, 2.75) is 50.0 Å². The maximum Gasteiger partial charge on any atom is 0.318 e. The summed E-state index contributed by atoms with van der Waals surface area (Å²) >= 11 is 6.50. The topological polar surface area (TPSA) is 92.0 Å². The second-order valence-corrected chi connectivity index (χ2v) is 13.3. The zero-order chi connectivity index (χ0) is 31.4. The fourth-order valence-corrected chi connectivity index (χ4v) is 8.09. The maximum absolute atomic E-state index is 14.6. The van der Waals surface area contributed by atoms with E-state index in [4.69, 9.17) is 31.0 Å². The van der Waals surface area contributed by atoms with E-state index in [1.807, 2.05) is 16.9 Å². The molecular formula is C33H36ClF2N7O3. The first-order chi connectivity index (χ1) is 22.4. The van der Waals surface area contributed by atoms with Gasteiger partial charge < -0.3 is 24.4 Å². The molecule has 0 aliphatic carbocycles.